The molecule has 3 fully saturated rings. The number of fused-ring (bicyclic) bond motifs is 12. The second-order valence-electron chi connectivity index (χ2n) is 12.5. The van der Waals surface area contributed by atoms with Crippen LogP contribution in [0, 0.1) is 35.5 Å². The maximum Gasteiger partial charge on any atom is 0.460 e. The zero-order chi connectivity index (χ0) is 36.9. The molecule has 0 spiro atoms. The molecule has 0 saturated heterocycles. The molecule has 0 amide bonds. The third kappa shape index (κ3) is 4.18. The molecular formula is C24H20F17NO5S. The van der Waals surface area contributed by atoms with Gasteiger partial charge >= 0.3 is 59.2 Å². The van der Waals surface area contributed by atoms with Crippen LogP contribution in [0.25, 0.3) is 0 Å². The van der Waals surface area contributed by atoms with Gasteiger partial charge in [0.05, 0.1) is 0 Å². The van der Waals surface area contributed by atoms with Crippen molar-refractivity contribution in [3.63, 3.8) is 0 Å². The van der Waals surface area contributed by atoms with E-state index in [0.717, 1.165) is 6.42 Å². The Morgan fingerprint density at radius 3 is 1.33 bits per heavy atom. The molecule has 4 aliphatic rings. The lowest BCUT2D eigenvalue weighted by Gasteiger charge is -2.42. The monoisotopic (exact) mass is 757 g/mol. The predicted octanol–water partition coefficient (Wildman–Crippen LogP) is 7.63. The number of aromatic nitrogens is 1. The van der Waals surface area contributed by atoms with Crippen LogP contribution in [0.15, 0.2) is 0 Å². The molecule has 24 heteroatoms. The lowest BCUT2D eigenvalue weighted by Crippen LogP contribution is -2.74. The van der Waals surface area contributed by atoms with Gasteiger partial charge in [-0.2, -0.15) is 83.0 Å². The summed E-state index contributed by atoms with van der Waals surface area (Å²) >= 11 is -4.70. The lowest BCUT2D eigenvalue weighted by atomic mass is 9.63. The van der Waals surface area contributed by atoms with Crippen molar-refractivity contribution >= 4 is 11.4 Å². The van der Waals surface area contributed by atoms with Crippen LogP contribution in [0.2, 0.25) is 0 Å². The number of aromatic hydroxyl groups is 2. The summed E-state index contributed by atoms with van der Waals surface area (Å²) in [6.07, 6.45) is -14.1. The van der Waals surface area contributed by atoms with Crippen molar-refractivity contribution in [2.45, 2.75) is 86.3 Å². The van der Waals surface area contributed by atoms with Crippen molar-refractivity contribution in [2.75, 3.05) is 0 Å². The molecule has 6 nitrogen and oxygen atoms in total. The zero-order valence-corrected chi connectivity index (χ0v) is 24.2. The first kappa shape index (κ1) is 36.9. The van der Waals surface area contributed by atoms with Gasteiger partial charge in [0.1, 0.15) is 0 Å². The van der Waals surface area contributed by atoms with E-state index in [1.165, 1.54) is 0 Å². The Hall–Kier alpha value is -2.40. The molecule has 2 N–H and O–H groups in total. The van der Waals surface area contributed by atoms with Crippen molar-refractivity contribution in [2.24, 2.45) is 35.5 Å². The first-order valence-corrected chi connectivity index (χ1v) is 14.5. The largest absolute Gasteiger partial charge is 0.492 e. The van der Waals surface area contributed by atoms with Gasteiger partial charge in [0.2, 0.25) is 11.8 Å². The highest BCUT2D eigenvalue weighted by Crippen LogP contribution is 2.75. The highest BCUT2D eigenvalue weighted by atomic mass is 32.2. The van der Waals surface area contributed by atoms with Crippen molar-refractivity contribution in [1.29, 1.82) is 0 Å². The topological polar surface area (TPSA) is 80.9 Å². The van der Waals surface area contributed by atoms with E-state index in [2.05, 4.69) is 8.47 Å². The van der Waals surface area contributed by atoms with E-state index in [4.69, 9.17) is 0 Å². The minimum atomic E-state index is -8.85. The Bertz CT molecular complexity index is 1460. The molecule has 276 valence electrons. The fourth-order valence-corrected chi connectivity index (χ4v) is 8.75. The van der Waals surface area contributed by atoms with Crippen LogP contribution in [0.1, 0.15) is 49.7 Å². The van der Waals surface area contributed by atoms with Gasteiger partial charge in [-0.25, -0.2) is 0 Å². The maximum absolute atomic E-state index is 14.2. The van der Waals surface area contributed by atoms with Crippen LogP contribution < -0.4 is 4.28 Å². The average molecular weight is 757 g/mol. The van der Waals surface area contributed by atoms with Gasteiger partial charge in [-0.1, -0.05) is 18.6 Å². The van der Waals surface area contributed by atoms with E-state index >= 15 is 0 Å². The van der Waals surface area contributed by atoms with E-state index < -0.39 is 82.8 Å². The first-order valence-electron chi connectivity index (χ1n) is 13.5. The van der Waals surface area contributed by atoms with Gasteiger partial charge in [0, 0.05) is 11.1 Å². The van der Waals surface area contributed by atoms with E-state index in [1.54, 1.807) is 0 Å². The average Bonchev–Trinajstić information content (AvgIpc) is 3.71. The summed E-state index contributed by atoms with van der Waals surface area (Å²) in [5.74, 6) is -54.2. The van der Waals surface area contributed by atoms with Gasteiger partial charge in [0.25, 0.3) is 0 Å². The molecule has 48 heavy (non-hydrogen) atoms. The van der Waals surface area contributed by atoms with E-state index in [0.29, 0.717) is 6.42 Å². The Labute approximate surface area is 259 Å². The Kier molecular flexibility index (Phi) is 7.76. The summed E-state index contributed by atoms with van der Waals surface area (Å²) in [7, 11) is 0. The molecule has 4 bridgehead atoms. The number of rotatable bonds is 10. The molecule has 1 aromatic heterocycles. The number of hydrogen-bond acceptors (Lipinski definition) is 5. The van der Waals surface area contributed by atoms with Crippen LogP contribution in [-0.4, -0.2) is 67.0 Å². The zero-order valence-electron chi connectivity index (χ0n) is 23.4. The van der Waals surface area contributed by atoms with Gasteiger partial charge in [0.15, 0.2) is 0 Å². The highest BCUT2D eigenvalue weighted by molar-refractivity contribution is 7.75. The molecule has 0 radical (unpaired) electrons. The van der Waals surface area contributed by atoms with Crippen molar-refractivity contribution in [1.82, 2.24) is 4.73 Å². The second kappa shape index (κ2) is 10.1. The van der Waals surface area contributed by atoms with Crippen LogP contribution in [-0.2, 0) is 15.5 Å². The molecule has 5 rings (SSSR count). The quantitative estimate of drug-likeness (QED) is 0.190. The lowest BCUT2D eigenvalue weighted by molar-refractivity contribution is -0.471. The van der Waals surface area contributed by atoms with Crippen molar-refractivity contribution < 1.29 is 97.5 Å². The van der Waals surface area contributed by atoms with Gasteiger partial charge in [-0.3, -0.25) is 4.28 Å². The summed E-state index contributed by atoms with van der Waals surface area (Å²) in [6.45, 7) is 4.01. The molecule has 4 aliphatic carbocycles. The number of hydrogen-bond donors (Lipinski definition) is 2. The Balaban J connectivity index is 1.39. The van der Waals surface area contributed by atoms with Gasteiger partial charge in [-0.05, 0) is 60.2 Å². The van der Waals surface area contributed by atoms with Crippen LogP contribution in [0.5, 0.6) is 11.8 Å². The van der Waals surface area contributed by atoms with E-state index in [-0.39, 0.29) is 51.4 Å². The number of nitrogens with zero attached hydrogens (tertiary/aromatic N) is 1. The fourth-order valence-electron chi connectivity index (χ4n) is 8.18. The minimum Gasteiger partial charge on any atom is -0.492 e. The van der Waals surface area contributed by atoms with Crippen LogP contribution in [0.4, 0.5) is 74.6 Å². The van der Waals surface area contributed by atoms with Crippen LogP contribution >= 0.6 is 0 Å². The molecule has 3 saturated carbocycles. The van der Waals surface area contributed by atoms with Gasteiger partial charge < -0.3 is 10.2 Å². The smallest absolute Gasteiger partial charge is 0.460 e. The van der Waals surface area contributed by atoms with Crippen molar-refractivity contribution in [3.8, 4) is 11.8 Å². The third-order valence-corrected chi connectivity index (χ3v) is 11.1. The summed E-state index contributed by atoms with van der Waals surface area (Å²) in [5, 5.41) is 21.3. The van der Waals surface area contributed by atoms with Crippen molar-refractivity contribution in [3.05, 3.63) is 11.1 Å². The first-order chi connectivity index (χ1) is 21.3. The number of alkyl halides is 17. The molecule has 1 heterocycles. The Morgan fingerprint density at radius 2 is 0.958 bits per heavy atom. The molecule has 9 unspecified atom stereocenters. The summed E-state index contributed by atoms with van der Waals surface area (Å²) < 4.78 is 247. The fraction of sp³-hybridized carbons (Fsp3) is 0.833. The normalized spacial score (nSPS) is 31.7. The minimum absolute atomic E-state index is 0.0368. The molecule has 1 aromatic rings. The summed E-state index contributed by atoms with van der Waals surface area (Å²) in [5.41, 5.74) is -0.0736. The third-order valence-electron chi connectivity index (χ3n) is 10.5. The maximum atomic E-state index is 14.2. The molecule has 9 atom stereocenters. The van der Waals surface area contributed by atoms with E-state index in [1.807, 2.05) is 13.8 Å². The highest BCUT2D eigenvalue weighted by Gasteiger charge is 2.95. The molecular weight excluding hydrogens is 737 g/mol. The standard InChI is InChI=1S/C24H20F17NO5S/c1-5-6(2)8-3-7(5)11-9-4-10(12(8)11)14-13(9)15(43)42(16(14)44)47-48(45)46-24(40,41)22(35,36)20(31,32)18(27,28)17(25,26)19(29,30)21(33,34)23(37,38)39/h5-12,43-44H,3-4H2,1-2H3. The number of halogens is 17. The SMILES string of the molecule is CC1C(C)C2CC1C1C3CC(c4c3c(O)n(OS(=O)OC(F)(F)C(F)(F)C(F)(F)C(F)(F)C(F)(F)C(F)(F)C(F)(F)C(F)(F)F)c4O)C21. The second-order valence-corrected chi connectivity index (χ2v) is 13.2. The van der Waals surface area contributed by atoms with Gasteiger partial charge in [-0.15, -0.1) is 0 Å². The Morgan fingerprint density at radius 1 is 0.604 bits per heavy atom. The molecule has 0 aromatic carbocycles. The summed E-state index contributed by atoms with van der Waals surface area (Å²) in [4.78, 5) is 0. The summed E-state index contributed by atoms with van der Waals surface area (Å²) in [6, 6.07) is 0. The molecule has 0 aliphatic heterocycles. The van der Waals surface area contributed by atoms with E-state index in [9.17, 15) is 89.1 Å². The van der Waals surface area contributed by atoms with Crippen LogP contribution in [0.3, 0.4) is 0 Å². The predicted molar refractivity (Wildman–Crippen MR) is 121 cm³/mol.